The normalized spacial score (nSPS) is 22.9. The number of carbonyl (C=O) groups excluding carboxylic acids is 3. The molecule has 1 aromatic rings. The van der Waals surface area contributed by atoms with Gasteiger partial charge in [0.2, 0.25) is 5.91 Å². The zero-order valence-corrected chi connectivity index (χ0v) is 20.6. The van der Waals surface area contributed by atoms with Gasteiger partial charge in [0.25, 0.3) is 5.91 Å². The molecular weight excluding hydrogens is 460 g/mol. The Morgan fingerprint density at radius 1 is 1.21 bits per heavy atom. The van der Waals surface area contributed by atoms with E-state index in [0.29, 0.717) is 23.3 Å². The largest absolute Gasteiger partial charge is 0.484 e. The van der Waals surface area contributed by atoms with Gasteiger partial charge < -0.3 is 23.9 Å². The molecule has 1 aromatic carbocycles. The minimum absolute atomic E-state index is 0.00263. The van der Waals surface area contributed by atoms with Gasteiger partial charge in [0.05, 0.1) is 24.6 Å². The average molecular weight is 489 g/mol. The van der Waals surface area contributed by atoms with Crippen LogP contribution in [-0.2, 0) is 23.5 Å². The molecule has 3 aliphatic heterocycles. The molecule has 3 aliphatic rings. The van der Waals surface area contributed by atoms with E-state index in [4.69, 9.17) is 13.9 Å². The minimum Gasteiger partial charge on any atom is -0.484 e. The van der Waals surface area contributed by atoms with Gasteiger partial charge in [-0.25, -0.2) is 14.5 Å². The van der Waals surface area contributed by atoms with Crippen molar-refractivity contribution in [1.29, 1.82) is 0 Å². The van der Waals surface area contributed by atoms with E-state index < -0.39 is 26.3 Å². The molecule has 3 heterocycles. The minimum atomic E-state index is -1.86. The van der Waals surface area contributed by atoms with Crippen LogP contribution in [0.1, 0.15) is 18.9 Å². The quantitative estimate of drug-likeness (QED) is 0.437. The number of nitrogens with zero attached hydrogens (tertiary/aromatic N) is 2. The number of benzene rings is 1. The van der Waals surface area contributed by atoms with Crippen LogP contribution in [-0.4, -0.2) is 79.0 Å². The van der Waals surface area contributed by atoms with Gasteiger partial charge in [-0.1, -0.05) is 12.1 Å². The Morgan fingerprint density at radius 2 is 1.88 bits per heavy atom. The number of amides is 3. The molecule has 0 unspecified atom stereocenters. The maximum atomic E-state index is 12.9. The van der Waals surface area contributed by atoms with Crippen molar-refractivity contribution < 1.29 is 38.2 Å². The summed E-state index contributed by atoms with van der Waals surface area (Å²) in [7, 11) is -1.86. The number of hydrogen-bond donors (Lipinski definition) is 1. The third-order valence-electron chi connectivity index (χ3n) is 6.08. The zero-order valence-electron chi connectivity index (χ0n) is 19.6. The third kappa shape index (κ3) is 4.45. The molecule has 2 saturated heterocycles. The highest BCUT2D eigenvalue weighted by molar-refractivity contribution is 6.69. The van der Waals surface area contributed by atoms with E-state index in [-0.39, 0.29) is 49.4 Å². The number of carboxylic acid groups (broad SMARTS) is 1. The van der Waals surface area contributed by atoms with Gasteiger partial charge >= 0.3 is 12.1 Å². The first kappa shape index (κ1) is 24.0. The number of imide groups is 1. The van der Waals surface area contributed by atoms with Crippen LogP contribution >= 0.6 is 0 Å². The number of ether oxygens (including phenoxy) is 2. The fourth-order valence-electron chi connectivity index (χ4n) is 4.74. The molecule has 0 aliphatic carbocycles. The maximum Gasteiger partial charge on any atom is 0.416 e. The lowest BCUT2D eigenvalue weighted by molar-refractivity contribution is -0.160. The van der Waals surface area contributed by atoms with E-state index in [2.05, 4.69) is 19.6 Å². The molecule has 0 saturated carbocycles. The predicted molar refractivity (Wildman–Crippen MR) is 122 cm³/mol. The van der Waals surface area contributed by atoms with Crippen molar-refractivity contribution in [2.75, 3.05) is 19.8 Å². The van der Waals surface area contributed by atoms with Gasteiger partial charge in [0, 0.05) is 0 Å². The number of aliphatic carboxylic acids is 1. The highest BCUT2D eigenvalue weighted by Gasteiger charge is 2.57. The van der Waals surface area contributed by atoms with Crippen molar-refractivity contribution in [2.24, 2.45) is 5.92 Å². The summed E-state index contributed by atoms with van der Waals surface area (Å²) in [6.07, 6.45) is -0.538. The predicted octanol–water partition coefficient (Wildman–Crippen LogP) is 2.31. The molecule has 0 bridgehead atoms. The lowest BCUT2D eigenvalue weighted by Crippen LogP contribution is -2.63. The van der Waals surface area contributed by atoms with Crippen LogP contribution in [0.5, 0.6) is 5.75 Å². The molecule has 0 aromatic heterocycles. The molecule has 1 N–H and O–H groups in total. The lowest BCUT2D eigenvalue weighted by Gasteiger charge is -2.47. The van der Waals surface area contributed by atoms with Crippen molar-refractivity contribution in [1.82, 2.24) is 9.80 Å². The van der Waals surface area contributed by atoms with Gasteiger partial charge in [-0.2, -0.15) is 0 Å². The first-order valence-corrected chi connectivity index (χ1v) is 14.6. The summed E-state index contributed by atoms with van der Waals surface area (Å²) in [4.78, 5) is 50.8. The summed E-state index contributed by atoms with van der Waals surface area (Å²) in [5.74, 6) is -1.84. The Balaban J connectivity index is 1.46. The molecule has 0 radical (unpaired) electrons. The van der Waals surface area contributed by atoms with Gasteiger partial charge in [0.1, 0.15) is 18.1 Å². The van der Waals surface area contributed by atoms with E-state index in [1.807, 2.05) is 6.92 Å². The Labute approximate surface area is 198 Å². The van der Waals surface area contributed by atoms with Crippen molar-refractivity contribution in [3.63, 3.8) is 0 Å². The molecule has 0 spiro atoms. The number of rotatable bonds is 8. The molecule has 3 amide bonds. The van der Waals surface area contributed by atoms with E-state index in [9.17, 15) is 24.3 Å². The summed E-state index contributed by atoms with van der Waals surface area (Å²) in [5.41, 5.74) is 1.25. The van der Waals surface area contributed by atoms with Crippen LogP contribution in [0.2, 0.25) is 19.6 Å². The van der Waals surface area contributed by atoms with Gasteiger partial charge in [-0.3, -0.25) is 9.59 Å². The molecular formula is C23H28N2O8Si. The second kappa shape index (κ2) is 8.88. The number of fused-ring (bicyclic) bond motifs is 1. The Hall–Kier alpha value is -3.18. The molecule has 4 rings (SSSR count). The standard InChI is InChI=1S/C23H28N2O8Si/c1-13(33-34(2,3)4)19-17-11-16(20(22(28)29)25(17)21(19)27)14-5-7-15(8-6-14)32-12-18(26)24-9-10-31-23(24)30/h5-8,13,17,19H,9-12H2,1-4H3,(H,28,29)/t13-,17-,19-/m1/s1. The molecule has 2 fully saturated rings. The number of cyclic esters (lactones) is 1. The average Bonchev–Trinajstić information content (AvgIpc) is 3.32. The fourth-order valence-corrected chi connectivity index (χ4v) is 6.00. The topological polar surface area (TPSA) is 123 Å². The second-order valence-electron chi connectivity index (χ2n) is 9.55. The van der Waals surface area contributed by atoms with E-state index >= 15 is 0 Å². The van der Waals surface area contributed by atoms with E-state index in [0.717, 1.165) is 4.90 Å². The van der Waals surface area contributed by atoms with Crippen LogP contribution in [0.3, 0.4) is 0 Å². The summed E-state index contributed by atoms with van der Waals surface area (Å²) in [6.45, 7) is 8.10. The first-order chi connectivity index (χ1) is 16.0. The zero-order chi connectivity index (χ0) is 24.8. The third-order valence-corrected chi connectivity index (χ3v) is 7.16. The Bertz CT molecular complexity index is 1060. The van der Waals surface area contributed by atoms with Crippen LogP contribution in [0, 0.1) is 5.92 Å². The number of carboxylic acids is 1. The molecule has 10 nitrogen and oxygen atoms in total. The second-order valence-corrected chi connectivity index (χ2v) is 14.0. The number of β-lactam (4-membered cyclic amide) rings is 1. The smallest absolute Gasteiger partial charge is 0.416 e. The molecule has 34 heavy (non-hydrogen) atoms. The fraction of sp³-hybridized carbons (Fsp3) is 0.478. The first-order valence-electron chi connectivity index (χ1n) is 11.2. The van der Waals surface area contributed by atoms with Crippen molar-refractivity contribution >= 4 is 37.8 Å². The van der Waals surface area contributed by atoms with Crippen molar-refractivity contribution in [2.45, 2.75) is 45.1 Å². The van der Waals surface area contributed by atoms with Gasteiger partial charge in [0.15, 0.2) is 14.9 Å². The summed E-state index contributed by atoms with van der Waals surface area (Å²) >= 11 is 0. The Kier molecular flexibility index (Phi) is 6.25. The SMILES string of the molecule is C[C@@H](O[Si](C)(C)C)[C@H]1C(=O)N2C(C(=O)O)=C(c3ccc(OCC(=O)N4CCOC4=O)cc3)C[C@H]12. The van der Waals surface area contributed by atoms with Crippen LogP contribution < -0.4 is 4.74 Å². The van der Waals surface area contributed by atoms with Crippen molar-refractivity contribution in [3.05, 3.63) is 35.5 Å². The molecule has 3 atom stereocenters. The van der Waals surface area contributed by atoms with Gasteiger partial charge in [-0.15, -0.1) is 0 Å². The number of hydrogen-bond acceptors (Lipinski definition) is 7. The summed E-state index contributed by atoms with van der Waals surface area (Å²) in [5, 5.41) is 9.84. The van der Waals surface area contributed by atoms with E-state index in [1.165, 1.54) is 4.90 Å². The monoisotopic (exact) mass is 488 g/mol. The van der Waals surface area contributed by atoms with Crippen LogP contribution in [0.25, 0.3) is 5.57 Å². The van der Waals surface area contributed by atoms with Gasteiger partial charge in [-0.05, 0) is 56.3 Å². The molecule has 182 valence electrons. The van der Waals surface area contributed by atoms with Crippen LogP contribution in [0.15, 0.2) is 30.0 Å². The molecule has 11 heteroatoms. The highest BCUT2D eigenvalue weighted by atomic mass is 28.4. The van der Waals surface area contributed by atoms with Crippen molar-refractivity contribution in [3.8, 4) is 5.75 Å². The van der Waals surface area contributed by atoms with E-state index in [1.54, 1.807) is 24.3 Å². The highest BCUT2D eigenvalue weighted by Crippen LogP contribution is 2.47. The number of carbonyl (C=O) groups is 4. The summed E-state index contributed by atoms with van der Waals surface area (Å²) < 4.78 is 16.3. The lowest BCUT2D eigenvalue weighted by atomic mass is 9.82. The Morgan fingerprint density at radius 3 is 2.44 bits per heavy atom. The summed E-state index contributed by atoms with van der Waals surface area (Å²) in [6, 6.07) is 6.42. The maximum absolute atomic E-state index is 12.9. The van der Waals surface area contributed by atoms with Crippen LogP contribution in [0.4, 0.5) is 4.79 Å².